The molecular weight excluding hydrogens is 597 g/mol. The van der Waals surface area contributed by atoms with Gasteiger partial charge < -0.3 is 10.2 Å². The maximum atomic E-state index is 15.2. The molecule has 2 aliphatic carbocycles. The van der Waals surface area contributed by atoms with Crippen molar-refractivity contribution in [1.82, 2.24) is 0 Å². The summed E-state index contributed by atoms with van der Waals surface area (Å²) < 4.78 is 45.5. The number of fused-ring (bicyclic) bond motifs is 2. The zero-order valence-corrected chi connectivity index (χ0v) is 23.9. The van der Waals surface area contributed by atoms with Gasteiger partial charge in [0.15, 0.2) is 23.1 Å². The van der Waals surface area contributed by atoms with Crippen LogP contribution in [0, 0.1) is 24.7 Å². The molecule has 0 radical (unpaired) electrons. The normalized spacial score (nSPS) is 18.5. The standard InChI is InChI=1S/C37H21F3O6/c1-4-18-6-10-22-24(14-18)34(45)30(32(22)43)26-16-20(8-12-28(26)41)36(3,37(38,39)40)21-9-13-29(42)27(17-21)31-33(44)23-11-7-19(5-2)15-25(23)35(31)46/h1-2,6-17,30-31,41-42H,3H3. The van der Waals surface area contributed by atoms with Crippen LogP contribution in [0.4, 0.5) is 13.2 Å². The summed E-state index contributed by atoms with van der Waals surface area (Å²) in [5.41, 5.74) is -3.73. The van der Waals surface area contributed by atoms with Crippen LogP contribution in [0.5, 0.6) is 11.5 Å². The maximum absolute atomic E-state index is 15.2. The Balaban J connectivity index is 1.47. The smallest absolute Gasteiger partial charge is 0.402 e. The van der Waals surface area contributed by atoms with E-state index in [1.54, 1.807) is 0 Å². The highest BCUT2D eigenvalue weighted by Gasteiger charge is 2.55. The third-order valence-corrected chi connectivity index (χ3v) is 8.88. The quantitative estimate of drug-likeness (QED) is 0.207. The molecule has 6 nitrogen and oxygen atoms in total. The molecule has 2 unspecified atom stereocenters. The maximum Gasteiger partial charge on any atom is 0.402 e. The van der Waals surface area contributed by atoms with Crippen LogP contribution in [0.15, 0.2) is 72.8 Å². The van der Waals surface area contributed by atoms with Crippen LogP contribution in [0.1, 0.15) is 93.6 Å². The number of ketones is 4. The Morgan fingerprint density at radius 1 is 0.587 bits per heavy atom. The van der Waals surface area contributed by atoms with Crippen molar-refractivity contribution < 1.29 is 42.6 Å². The highest BCUT2D eigenvalue weighted by atomic mass is 19.4. The van der Waals surface area contributed by atoms with E-state index < -0.39 is 69.2 Å². The van der Waals surface area contributed by atoms with Crippen molar-refractivity contribution in [2.24, 2.45) is 0 Å². The van der Waals surface area contributed by atoms with Crippen molar-refractivity contribution in [1.29, 1.82) is 0 Å². The lowest BCUT2D eigenvalue weighted by molar-refractivity contribution is -0.173. The van der Waals surface area contributed by atoms with Gasteiger partial charge in [-0.1, -0.05) is 24.0 Å². The van der Waals surface area contributed by atoms with E-state index in [9.17, 15) is 29.4 Å². The highest BCUT2D eigenvalue weighted by Crippen LogP contribution is 2.50. The number of hydrogen-bond acceptors (Lipinski definition) is 6. The van der Waals surface area contributed by atoms with Gasteiger partial charge in [-0.2, -0.15) is 13.2 Å². The molecule has 0 fully saturated rings. The van der Waals surface area contributed by atoms with Gasteiger partial charge >= 0.3 is 6.18 Å². The topological polar surface area (TPSA) is 109 Å². The lowest BCUT2D eigenvalue weighted by atomic mass is 9.73. The summed E-state index contributed by atoms with van der Waals surface area (Å²) in [6.07, 6.45) is 5.80. The van der Waals surface area contributed by atoms with Gasteiger partial charge in [-0.3, -0.25) is 19.2 Å². The van der Waals surface area contributed by atoms with E-state index in [-0.39, 0.29) is 33.4 Å². The average molecular weight is 619 g/mol. The Labute approximate surface area is 260 Å². The van der Waals surface area contributed by atoms with Gasteiger partial charge in [0.05, 0.1) is 0 Å². The Hall–Kier alpha value is -5.93. The van der Waals surface area contributed by atoms with Crippen LogP contribution in [0.3, 0.4) is 0 Å². The minimum atomic E-state index is -5.03. The molecule has 0 saturated heterocycles. The average Bonchev–Trinajstić information content (AvgIpc) is 3.43. The Morgan fingerprint density at radius 3 is 1.30 bits per heavy atom. The molecule has 226 valence electrons. The van der Waals surface area contributed by atoms with Crippen LogP contribution in [0.2, 0.25) is 0 Å². The second-order valence-electron chi connectivity index (χ2n) is 11.3. The number of carbonyl (C=O) groups excluding carboxylic acids is 4. The molecule has 0 bridgehead atoms. The molecule has 0 spiro atoms. The third kappa shape index (κ3) is 4.24. The van der Waals surface area contributed by atoms with Gasteiger partial charge in [0.2, 0.25) is 0 Å². The first-order valence-electron chi connectivity index (χ1n) is 13.8. The van der Waals surface area contributed by atoms with Crippen LogP contribution in [-0.2, 0) is 5.41 Å². The summed E-state index contributed by atoms with van der Waals surface area (Å²) in [5, 5.41) is 21.4. The van der Waals surface area contributed by atoms with Gasteiger partial charge in [-0.15, -0.1) is 12.8 Å². The first-order chi connectivity index (χ1) is 21.7. The number of rotatable bonds is 4. The molecule has 0 heterocycles. The predicted molar refractivity (Wildman–Crippen MR) is 160 cm³/mol. The summed E-state index contributed by atoms with van der Waals surface area (Å²) in [6.45, 7) is 0.845. The van der Waals surface area contributed by atoms with Crippen molar-refractivity contribution >= 4 is 23.1 Å². The highest BCUT2D eigenvalue weighted by molar-refractivity contribution is 6.30. The van der Waals surface area contributed by atoms with Crippen molar-refractivity contribution in [2.45, 2.75) is 30.4 Å². The Kier molecular flexibility index (Phi) is 6.76. The van der Waals surface area contributed by atoms with E-state index in [1.807, 2.05) is 0 Å². The van der Waals surface area contributed by atoms with Crippen molar-refractivity contribution in [3.8, 4) is 36.2 Å². The van der Waals surface area contributed by atoms with Crippen LogP contribution in [0.25, 0.3) is 0 Å². The SMILES string of the molecule is C#Cc1ccc2c(c1)C(=O)C(c1cc(C(C)(c3ccc(O)c(C4C(=O)c5ccc(C#C)cc5C4=O)c3)C(F)(F)F)ccc1O)C2=O. The van der Waals surface area contributed by atoms with Gasteiger partial charge in [-0.05, 0) is 78.7 Å². The fraction of sp³-hybridized carbons (Fsp3) is 0.135. The van der Waals surface area contributed by atoms with E-state index >= 15 is 13.2 Å². The fourth-order valence-electron chi connectivity index (χ4n) is 6.22. The zero-order valence-electron chi connectivity index (χ0n) is 23.9. The van der Waals surface area contributed by atoms with E-state index in [2.05, 4.69) is 11.8 Å². The van der Waals surface area contributed by atoms with Gasteiger partial charge in [-0.25, -0.2) is 0 Å². The number of hydrogen-bond donors (Lipinski definition) is 2. The lowest BCUT2D eigenvalue weighted by Crippen LogP contribution is -2.41. The summed E-state index contributed by atoms with van der Waals surface area (Å²) in [4.78, 5) is 53.3. The molecule has 0 aliphatic heterocycles. The first-order valence-corrected chi connectivity index (χ1v) is 13.8. The summed E-state index contributed by atoms with van der Waals surface area (Å²) >= 11 is 0. The molecule has 0 aromatic heterocycles. The van der Waals surface area contributed by atoms with E-state index in [0.29, 0.717) is 11.1 Å². The molecule has 4 aromatic rings. The molecule has 2 aliphatic rings. The number of benzene rings is 4. The fourth-order valence-corrected chi connectivity index (χ4v) is 6.22. The predicted octanol–water partition coefficient (Wildman–Crippen LogP) is 6.25. The molecule has 2 N–H and O–H groups in total. The van der Waals surface area contributed by atoms with Crippen molar-refractivity contribution in [2.75, 3.05) is 0 Å². The molecule has 0 amide bonds. The third-order valence-electron chi connectivity index (χ3n) is 8.88. The summed E-state index contributed by atoms with van der Waals surface area (Å²) in [7, 11) is 0. The number of terminal acetylenes is 2. The first kappa shape index (κ1) is 30.1. The van der Waals surface area contributed by atoms with Gasteiger partial charge in [0.25, 0.3) is 0 Å². The summed E-state index contributed by atoms with van der Waals surface area (Å²) in [6, 6.07) is 14.2. The van der Waals surface area contributed by atoms with Gasteiger partial charge in [0.1, 0.15) is 28.7 Å². The largest absolute Gasteiger partial charge is 0.508 e. The minimum Gasteiger partial charge on any atom is -0.508 e. The van der Waals surface area contributed by atoms with Crippen molar-refractivity contribution in [3.05, 3.63) is 128 Å². The Morgan fingerprint density at radius 2 is 0.957 bits per heavy atom. The van der Waals surface area contributed by atoms with E-state index in [1.165, 1.54) is 36.4 Å². The molecule has 0 saturated carbocycles. The van der Waals surface area contributed by atoms with Crippen LogP contribution in [-0.4, -0.2) is 39.5 Å². The number of aromatic hydroxyl groups is 2. The van der Waals surface area contributed by atoms with E-state index in [4.69, 9.17) is 12.8 Å². The zero-order chi connectivity index (χ0) is 33.3. The monoisotopic (exact) mass is 618 g/mol. The number of halogens is 3. The molecular formula is C37H21F3O6. The second kappa shape index (κ2) is 10.3. The van der Waals surface area contributed by atoms with Crippen LogP contribution < -0.4 is 0 Å². The van der Waals surface area contributed by atoms with Crippen molar-refractivity contribution in [3.63, 3.8) is 0 Å². The lowest BCUT2D eigenvalue weighted by Gasteiger charge is -2.34. The minimum absolute atomic E-state index is 0.00160. The number of Topliss-reactive ketones (excluding diaryl/α,β-unsaturated/α-hetero) is 4. The molecule has 6 rings (SSSR count). The molecule has 46 heavy (non-hydrogen) atoms. The van der Waals surface area contributed by atoms with Gasteiger partial charge in [0, 0.05) is 44.5 Å². The van der Waals surface area contributed by atoms with E-state index in [0.717, 1.165) is 43.3 Å². The number of phenolic OH excluding ortho intramolecular Hbond substituents is 2. The molecule has 2 atom stereocenters. The second-order valence-corrected chi connectivity index (χ2v) is 11.3. The number of carbonyl (C=O) groups is 4. The Bertz CT molecular complexity index is 2000. The molecule has 4 aromatic carbocycles. The number of alkyl halides is 3. The van der Waals surface area contributed by atoms with Crippen LogP contribution >= 0.6 is 0 Å². The number of phenols is 2. The molecule has 9 heteroatoms. The summed E-state index contributed by atoms with van der Waals surface area (Å²) in [5.74, 6) is -2.51.